The van der Waals surface area contributed by atoms with Gasteiger partial charge in [-0.3, -0.25) is 14.5 Å². The van der Waals surface area contributed by atoms with Gasteiger partial charge in [-0.15, -0.1) is 0 Å². The molecule has 3 heterocycles. The number of nitrogens with zero attached hydrogens (tertiary/aromatic N) is 4. The summed E-state index contributed by atoms with van der Waals surface area (Å²) in [6.07, 6.45) is 4.26. The van der Waals surface area contributed by atoms with Crippen molar-refractivity contribution >= 4 is 6.09 Å². The van der Waals surface area contributed by atoms with Gasteiger partial charge in [-0.1, -0.05) is 12.1 Å². The number of amides is 1. The van der Waals surface area contributed by atoms with Gasteiger partial charge in [-0.2, -0.15) is 5.10 Å². The Kier molecular flexibility index (Phi) is 4.17. The first-order valence-corrected chi connectivity index (χ1v) is 8.50. The fraction of sp³-hybridized carbons (Fsp3) is 0.444. The molecule has 2 saturated heterocycles. The Labute approximate surface area is 145 Å². The first kappa shape index (κ1) is 16.1. The highest BCUT2D eigenvalue weighted by Gasteiger charge is 2.47. The van der Waals surface area contributed by atoms with E-state index in [-0.39, 0.29) is 24.1 Å². The van der Waals surface area contributed by atoms with Gasteiger partial charge in [0.1, 0.15) is 11.9 Å². The Morgan fingerprint density at radius 1 is 1.24 bits per heavy atom. The molecule has 132 valence electrons. The number of carbonyl (C=O) groups is 1. The third kappa shape index (κ3) is 3.37. The van der Waals surface area contributed by atoms with Crippen molar-refractivity contribution in [3.8, 4) is 0 Å². The van der Waals surface area contributed by atoms with Crippen LogP contribution in [0.5, 0.6) is 0 Å². The van der Waals surface area contributed by atoms with Crippen LogP contribution in [0.25, 0.3) is 0 Å². The predicted molar refractivity (Wildman–Crippen MR) is 89.4 cm³/mol. The number of ether oxygens (including phenoxy) is 1. The highest BCUT2D eigenvalue weighted by molar-refractivity contribution is 5.71. The zero-order valence-electron chi connectivity index (χ0n) is 14.1. The molecular formula is C18H21FN4O2. The number of hydrogen-bond acceptors (Lipinski definition) is 4. The summed E-state index contributed by atoms with van der Waals surface area (Å²) in [6.45, 7) is 2.95. The van der Waals surface area contributed by atoms with Gasteiger partial charge in [-0.05, 0) is 24.1 Å². The molecule has 25 heavy (non-hydrogen) atoms. The zero-order valence-corrected chi connectivity index (χ0v) is 14.1. The minimum Gasteiger partial charge on any atom is -0.442 e. The van der Waals surface area contributed by atoms with Crippen molar-refractivity contribution in [2.24, 2.45) is 7.05 Å². The number of halogens is 1. The van der Waals surface area contributed by atoms with E-state index in [4.69, 9.17) is 4.74 Å². The van der Waals surface area contributed by atoms with Crippen molar-refractivity contribution < 1.29 is 13.9 Å². The largest absolute Gasteiger partial charge is 0.442 e. The molecule has 2 aliphatic rings. The van der Waals surface area contributed by atoms with Crippen LogP contribution in [0.4, 0.5) is 9.18 Å². The van der Waals surface area contributed by atoms with Crippen LogP contribution < -0.4 is 0 Å². The van der Waals surface area contributed by atoms with Gasteiger partial charge in [0.15, 0.2) is 0 Å². The third-order valence-corrected chi connectivity index (χ3v) is 4.92. The minimum atomic E-state index is -0.244. The number of hydrogen-bond donors (Lipinski definition) is 0. The number of carbonyl (C=O) groups excluding carboxylic acids is 1. The number of aromatic nitrogens is 2. The molecule has 0 aliphatic carbocycles. The van der Waals surface area contributed by atoms with E-state index in [0.29, 0.717) is 13.0 Å². The van der Waals surface area contributed by atoms with Crippen molar-refractivity contribution in [2.45, 2.75) is 25.1 Å². The quantitative estimate of drug-likeness (QED) is 0.830. The molecule has 2 atom stereocenters. The molecule has 2 fully saturated rings. The molecule has 1 amide bonds. The van der Waals surface area contributed by atoms with Crippen LogP contribution >= 0.6 is 0 Å². The monoisotopic (exact) mass is 344 g/mol. The maximum Gasteiger partial charge on any atom is 0.410 e. The van der Waals surface area contributed by atoms with Crippen molar-refractivity contribution in [1.82, 2.24) is 19.6 Å². The summed E-state index contributed by atoms with van der Waals surface area (Å²) >= 11 is 0. The predicted octanol–water partition coefficient (Wildman–Crippen LogP) is 1.81. The summed E-state index contributed by atoms with van der Waals surface area (Å²) < 4.78 is 20.3. The fourth-order valence-electron chi connectivity index (χ4n) is 3.68. The van der Waals surface area contributed by atoms with E-state index in [9.17, 15) is 9.18 Å². The molecule has 1 aromatic carbocycles. The fourth-order valence-corrected chi connectivity index (χ4v) is 3.68. The molecule has 4 rings (SSSR count). The summed E-state index contributed by atoms with van der Waals surface area (Å²) in [5.74, 6) is -0.244. The molecule has 2 aliphatic heterocycles. The second kappa shape index (κ2) is 6.48. The highest BCUT2D eigenvalue weighted by Crippen LogP contribution is 2.28. The molecule has 0 spiro atoms. The SMILES string of the molecule is Cn1cc(CN2C[C@H]3OC(=O)N(CCc4ccc(F)cc4)[C@H]3C2)cn1. The second-order valence-electron chi connectivity index (χ2n) is 6.78. The number of benzene rings is 1. The Bertz CT molecular complexity index is 761. The molecule has 0 bridgehead atoms. The second-order valence-corrected chi connectivity index (χ2v) is 6.78. The lowest BCUT2D eigenvalue weighted by Gasteiger charge is -2.22. The summed E-state index contributed by atoms with van der Waals surface area (Å²) in [5.41, 5.74) is 2.18. The molecular weight excluding hydrogens is 323 g/mol. The first-order valence-electron chi connectivity index (χ1n) is 8.50. The lowest BCUT2D eigenvalue weighted by Crippen LogP contribution is -2.39. The van der Waals surface area contributed by atoms with E-state index in [0.717, 1.165) is 30.8 Å². The molecule has 6 nitrogen and oxygen atoms in total. The maximum absolute atomic E-state index is 13.0. The number of likely N-dealkylation sites (tertiary alicyclic amines) is 1. The number of fused-ring (bicyclic) bond motifs is 1. The van der Waals surface area contributed by atoms with Crippen LogP contribution in [0.3, 0.4) is 0 Å². The zero-order chi connectivity index (χ0) is 17.4. The van der Waals surface area contributed by atoms with Crippen molar-refractivity contribution in [3.63, 3.8) is 0 Å². The van der Waals surface area contributed by atoms with E-state index < -0.39 is 0 Å². The number of rotatable bonds is 5. The van der Waals surface area contributed by atoms with E-state index in [1.165, 1.54) is 12.1 Å². The highest BCUT2D eigenvalue weighted by atomic mass is 19.1. The van der Waals surface area contributed by atoms with E-state index in [1.807, 2.05) is 24.3 Å². The van der Waals surface area contributed by atoms with Crippen LogP contribution in [0.2, 0.25) is 0 Å². The molecule has 0 radical (unpaired) electrons. The van der Waals surface area contributed by atoms with Crippen molar-refractivity contribution in [2.75, 3.05) is 19.6 Å². The molecule has 7 heteroatoms. The van der Waals surface area contributed by atoms with E-state index in [2.05, 4.69) is 10.00 Å². The Hall–Kier alpha value is -2.41. The standard InChI is InChI=1S/C18H21FN4O2/c1-21-9-14(8-20-21)10-22-11-16-17(12-22)25-18(24)23(16)7-6-13-2-4-15(19)5-3-13/h2-5,8-9,16-17H,6-7,10-12H2,1H3/t16-,17+/m0/s1. The molecule has 2 aromatic rings. The number of aryl methyl sites for hydroxylation is 1. The molecule has 0 saturated carbocycles. The van der Waals surface area contributed by atoms with Gasteiger partial charge in [0.05, 0.1) is 12.2 Å². The first-order chi connectivity index (χ1) is 12.1. The van der Waals surface area contributed by atoms with Crippen LogP contribution in [0.1, 0.15) is 11.1 Å². The smallest absolute Gasteiger partial charge is 0.410 e. The lowest BCUT2D eigenvalue weighted by molar-refractivity contribution is 0.120. The maximum atomic E-state index is 13.0. The van der Waals surface area contributed by atoms with Gasteiger partial charge >= 0.3 is 6.09 Å². The van der Waals surface area contributed by atoms with Gasteiger partial charge in [0.25, 0.3) is 0 Å². The third-order valence-electron chi connectivity index (χ3n) is 4.92. The van der Waals surface area contributed by atoms with Gasteiger partial charge in [0.2, 0.25) is 0 Å². The topological polar surface area (TPSA) is 50.6 Å². The Balaban J connectivity index is 1.36. The summed E-state index contributed by atoms with van der Waals surface area (Å²) in [5, 5.41) is 4.19. The minimum absolute atomic E-state index is 0.0719. The van der Waals surface area contributed by atoms with Gasteiger partial charge in [-0.25, -0.2) is 9.18 Å². The van der Waals surface area contributed by atoms with Crippen LogP contribution in [-0.4, -0.2) is 57.5 Å². The summed E-state index contributed by atoms with van der Waals surface area (Å²) in [4.78, 5) is 16.3. The van der Waals surface area contributed by atoms with Gasteiger partial charge < -0.3 is 4.74 Å². The van der Waals surface area contributed by atoms with Gasteiger partial charge in [0, 0.05) is 45.0 Å². The van der Waals surface area contributed by atoms with Crippen LogP contribution in [0.15, 0.2) is 36.7 Å². The summed E-state index contributed by atoms with van der Waals surface area (Å²) in [6, 6.07) is 6.51. The van der Waals surface area contributed by atoms with Crippen LogP contribution in [-0.2, 0) is 24.8 Å². The summed E-state index contributed by atoms with van der Waals surface area (Å²) in [7, 11) is 1.90. The molecule has 1 aromatic heterocycles. The average molecular weight is 344 g/mol. The Morgan fingerprint density at radius 2 is 2.04 bits per heavy atom. The van der Waals surface area contributed by atoms with E-state index in [1.54, 1.807) is 16.8 Å². The molecule has 0 unspecified atom stereocenters. The van der Waals surface area contributed by atoms with E-state index >= 15 is 0 Å². The normalized spacial score (nSPS) is 23.1. The van der Waals surface area contributed by atoms with Crippen LogP contribution in [0, 0.1) is 5.82 Å². The average Bonchev–Trinajstić information content (AvgIpc) is 3.23. The lowest BCUT2D eigenvalue weighted by atomic mass is 10.1. The van der Waals surface area contributed by atoms with Crippen molar-refractivity contribution in [1.29, 1.82) is 0 Å². The molecule has 0 N–H and O–H groups in total. The Morgan fingerprint density at radius 3 is 2.76 bits per heavy atom. The van der Waals surface area contributed by atoms with Crippen molar-refractivity contribution in [3.05, 3.63) is 53.6 Å².